The molecule has 0 bridgehead atoms. The summed E-state index contributed by atoms with van der Waals surface area (Å²) >= 11 is 0. The van der Waals surface area contributed by atoms with Crippen molar-refractivity contribution in [1.82, 2.24) is 0 Å². The number of ether oxygens (including phenoxy) is 4. The maximum Gasteiger partial charge on any atom is 0.472 e. The van der Waals surface area contributed by atoms with E-state index in [0.717, 1.165) is 122 Å². The van der Waals surface area contributed by atoms with Crippen LogP contribution in [0.25, 0.3) is 0 Å². The molecule has 19 heteroatoms. The zero-order chi connectivity index (χ0) is 70.4. The van der Waals surface area contributed by atoms with Gasteiger partial charge in [0.1, 0.15) is 19.3 Å². The van der Waals surface area contributed by atoms with E-state index in [1.165, 1.54) is 148 Å². The van der Waals surface area contributed by atoms with Crippen molar-refractivity contribution in [2.75, 3.05) is 39.6 Å². The second-order valence-electron chi connectivity index (χ2n) is 25.9. The van der Waals surface area contributed by atoms with E-state index in [1.807, 2.05) is 0 Å². The Morgan fingerprint density at radius 3 is 0.865 bits per heavy atom. The molecule has 560 valence electrons. The smallest absolute Gasteiger partial charge is 0.462 e. The predicted molar refractivity (Wildman–Crippen MR) is 390 cm³/mol. The highest BCUT2D eigenvalue weighted by atomic mass is 31.2. The van der Waals surface area contributed by atoms with Gasteiger partial charge < -0.3 is 33.8 Å². The lowest BCUT2D eigenvalue weighted by atomic mass is 10.0. The van der Waals surface area contributed by atoms with Crippen molar-refractivity contribution in [3.63, 3.8) is 0 Å². The first-order chi connectivity index (χ1) is 46.7. The molecule has 0 radical (unpaired) electrons. The summed E-state index contributed by atoms with van der Waals surface area (Å²) in [6.45, 7) is 4.75. The van der Waals surface area contributed by atoms with Crippen molar-refractivity contribution >= 4 is 39.5 Å². The number of unbranched alkanes of at least 4 members (excludes halogenated alkanes) is 37. The fourth-order valence-electron chi connectivity index (χ4n) is 10.6. The molecule has 0 aromatic rings. The Kier molecular flexibility index (Phi) is 67.8. The van der Waals surface area contributed by atoms with Crippen LogP contribution in [-0.4, -0.2) is 96.7 Å². The van der Waals surface area contributed by atoms with Gasteiger partial charge in [-0.15, -0.1) is 0 Å². The van der Waals surface area contributed by atoms with E-state index in [4.69, 9.17) is 37.0 Å². The van der Waals surface area contributed by atoms with Gasteiger partial charge in [0.15, 0.2) is 12.2 Å². The minimum Gasteiger partial charge on any atom is -0.462 e. The van der Waals surface area contributed by atoms with Gasteiger partial charge in [0.05, 0.1) is 26.4 Å². The molecule has 0 aromatic heterocycles. The van der Waals surface area contributed by atoms with E-state index in [1.54, 1.807) is 0 Å². The van der Waals surface area contributed by atoms with E-state index in [2.05, 4.69) is 88.5 Å². The Hall–Kier alpha value is -3.24. The van der Waals surface area contributed by atoms with E-state index in [-0.39, 0.29) is 25.7 Å². The number of hydrogen-bond acceptors (Lipinski definition) is 15. The average Bonchev–Trinajstić information content (AvgIpc) is 1.09. The lowest BCUT2D eigenvalue weighted by Gasteiger charge is -2.21. The highest BCUT2D eigenvalue weighted by Crippen LogP contribution is 2.45. The van der Waals surface area contributed by atoms with Crippen molar-refractivity contribution in [2.45, 2.75) is 367 Å². The molecule has 5 unspecified atom stereocenters. The Labute approximate surface area is 584 Å². The molecule has 0 spiro atoms. The van der Waals surface area contributed by atoms with Crippen LogP contribution in [0.15, 0.2) is 60.8 Å². The molecule has 0 aliphatic carbocycles. The van der Waals surface area contributed by atoms with Crippen LogP contribution in [-0.2, 0) is 65.4 Å². The van der Waals surface area contributed by atoms with Gasteiger partial charge in [-0.2, -0.15) is 0 Å². The van der Waals surface area contributed by atoms with Crippen molar-refractivity contribution in [2.24, 2.45) is 0 Å². The highest BCUT2D eigenvalue weighted by molar-refractivity contribution is 7.47. The molecule has 5 atom stereocenters. The van der Waals surface area contributed by atoms with Gasteiger partial charge in [-0.3, -0.25) is 37.3 Å². The maximum absolute atomic E-state index is 13.1. The number of hydrogen-bond donors (Lipinski definition) is 3. The molecule has 0 heterocycles. The summed E-state index contributed by atoms with van der Waals surface area (Å²) < 4.78 is 68.4. The van der Waals surface area contributed by atoms with Gasteiger partial charge in [0, 0.05) is 25.7 Å². The number of carbonyl (C=O) groups is 4. The summed E-state index contributed by atoms with van der Waals surface area (Å²) in [7, 11) is -9.94. The first-order valence-electron chi connectivity index (χ1n) is 38.5. The molecule has 0 amide bonds. The Balaban J connectivity index is 5.33. The number of esters is 4. The van der Waals surface area contributed by atoms with Crippen LogP contribution in [0.4, 0.5) is 0 Å². The largest absolute Gasteiger partial charge is 0.472 e. The SMILES string of the molecule is CC/C=C\C/C=C\C/C=C\C/C=C\CCCCC(=O)OCC(COP(=O)(O)OCC(O)COP(=O)(O)OCC(COC(=O)CCCCCCCCCCCCCCCCC)OC(=O)CCCCCCCCCCCCC)OC(=O)CCCCCCC/C=C\CCCCCCCC. The average molecular weight is 1400 g/mol. The molecule has 17 nitrogen and oxygen atoms in total. The van der Waals surface area contributed by atoms with Crippen LogP contribution >= 0.6 is 15.6 Å². The van der Waals surface area contributed by atoms with Crippen molar-refractivity contribution in [3.05, 3.63) is 60.8 Å². The first kappa shape index (κ1) is 92.8. The summed E-state index contributed by atoms with van der Waals surface area (Å²) in [5.74, 6) is -2.20. The van der Waals surface area contributed by atoms with Gasteiger partial charge in [-0.25, -0.2) is 9.13 Å². The summed E-state index contributed by atoms with van der Waals surface area (Å²) in [6.07, 6.45) is 67.9. The van der Waals surface area contributed by atoms with Crippen molar-refractivity contribution < 1.29 is 80.2 Å². The maximum atomic E-state index is 13.1. The zero-order valence-electron chi connectivity index (χ0n) is 61.1. The second kappa shape index (κ2) is 70.2. The van der Waals surface area contributed by atoms with Crippen molar-refractivity contribution in [1.29, 1.82) is 0 Å². The van der Waals surface area contributed by atoms with Gasteiger partial charge in [0.2, 0.25) is 0 Å². The molecular weight excluding hydrogens is 1260 g/mol. The predicted octanol–water partition coefficient (Wildman–Crippen LogP) is 21.9. The number of phosphoric acid groups is 2. The molecule has 3 N–H and O–H groups in total. The van der Waals surface area contributed by atoms with Crippen LogP contribution in [0.3, 0.4) is 0 Å². The standard InChI is InChI=1S/C77H140O17P2/c1-5-9-13-17-21-25-29-32-35-38-42-45-49-53-57-61-74(79)87-67-72(93-76(81)63-59-55-51-47-41-28-24-20-16-12-8-4)69-91-95(83,84)89-65-71(78)66-90-96(85,86)92-70-73(94-77(82)64-60-56-52-48-44-40-37-34-31-27-23-19-15-11-7-3)68-88-75(80)62-58-54-50-46-43-39-36-33-30-26-22-18-14-10-6-2/h10,14,22,26,33-34,36-37,43,46,71-73,78H,5-9,11-13,15-21,23-25,27-32,35,38-42,44-45,47-70H2,1-4H3,(H,83,84)(H,85,86)/b14-10-,26-22-,36-33-,37-34-,46-43-. The van der Waals surface area contributed by atoms with Crippen LogP contribution in [0.2, 0.25) is 0 Å². The lowest BCUT2D eigenvalue weighted by Crippen LogP contribution is -2.30. The zero-order valence-corrected chi connectivity index (χ0v) is 62.8. The van der Waals surface area contributed by atoms with Crippen LogP contribution < -0.4 is 0 Å². The molecular formula is C77H140O17P2. The number of carbonyl (C=O) groups excluding carboxylic acids is 4. The summed E-state index contributed by atoms with van der Waals surface area (Å²) in [5, 5.41) is 10.6. The summed E-state index contributed by atoms with van der Waals surface area (Å²) in [5.41, 5.74) is 0. The molecule has 0 saturated heterocycles. The topological polar surface area (TPSA) is 237 Å². The van der Waals surface area contributed by atoms with Gasteiger partial charge in [-0.05, 0) is 89.9 Å². The molecule has 0 saturated carbocycles. The monoisotopic (exact) mass is 1400 g/mol. The minimum absolute atomic E-state index is 0.0795. The van der Waals surface area contributed by atoms with Gasteiger partial charge in [0.25, 0.3) is 0 Å². The summed E-state index contributed by atoms with van der Waals surface area (Å²) in [6, 6.07) is 0. The van der Waals surface area contributed by atoms with E-state index < -0.39 is 97.5 Å². The fourth-order valence-corrected chi connectivity index (χ4v) is 12.2. The third-order valence-electron chi connectivity index (χ3n) is 16.5. The molecule has 0 aliphatic heterocycles. The second-order valence-corrected chi connectivity index (χ2v) is 28.8. The Morgan fingerprint density at radius 1 is 0.302 bits per heavy atom. The molecule has 96 heavy (non-hydrogen) atoms. The Morgan fingerprint density at radius 2 is 0.542 bits per heavy atom. The number of allylic oxidation sites excluding steroid dienone is 10. The van der Waals surface area contributed by atoms with Gasteiger partial charge in [-0.1, -0.05) is 294 Å². The number of aliphatic hydroxyl groups is 1. The molecule has 0 aromatic carbocycles. The number of aliphatic hydroxyl groups excluding tert-OH is 1. The quantitative estimate of drug-likeness (QED) is 0.0169. The highest BCUT2D eigenvalue weighted by Gasteiger charge is 2.30. The fraction of sp³-hybridized carbons (Fsp3) is 0.818. The van der Waals surface area contributed by atoms with Crippen LogP contribution in [0, 0.1) is 0 Å². The minimum atomic E-state index is -4.98. The molecule has 0 aliphatic rings. The van der Waals surface area contributed by atoms with E-state index >= 15 is 0 Å². The van der Waals surface area contributed by atoms with E-state index in [0.29, 0.717) is 25.7 Å². The third kappa shape index (κ3) is 69.2. The number of rotatable bonds is 73. The molecule has 0 fully saturated rings. The third-order valence-corrected chi connectivity index (χ3v) is 18.4. The normalized spacial score (nSPS) is 14.3. The van der Waals surface area contributed by atoms with Crippen LogP contribution in [0.5, 0.6) is 0 Å². The lowest BCUT2D eigenvalue weighted by molar-refractivity contribution is -0.161. The first-order valence-corrected chi connectivity index (χ1v) is 41.5. The Bertz CT molecular complexity index is 2060. The number of phosphoric ester groups is 2. The van der Waals surface area contributed by atoms with Crippen molar-refractivity contribution in [3.8, 4) is 0 Å². The van der Waals surface area contributed by atoms with E-state index in [9.17, 15) is 43.2 Å². The van der Waals surface area contributed by atoms with Gasteiger partial charge >= 0.3 is 39.5 Å². The summed E-state index contributed by atoms with van der Waals surface area (Å²) in [4.78, 5) is 72.8. The van der Waals surface area contributed by atoms with Crippen LogP contribution in [0.1, 0.15) is 349 Å². The molecule has 0 rings (SSSR count).